The van der Waals surface area contributed by atoms with Crippen LogP contribution >= 0.6 is 0 Å². The highest BCUT2D eigenvalue weighted by atomic mass is 19.4. The molecular formula is C23H19F3N2O4. The van der Waals surface area contributed by atoms with Crippen LogP contribution in [-0.4, -0.2) is 41.7 Å². The maximum Gasteiger partial charge on any atom is 0.455 e. The number of hydrogen-bond acceptors (Lipinski definition) is 5. The first-order chi connectivity index (χ1) is 15.2. The van der Waals surface area contributed by atoms with E-state index in [1.54, 1.807) is 48.5 Å². The minimum Gasteiger partial charge on any atom is -0.493 e. The van der Waals surface area contributed by atoms with Gasteiger partial charge >= 0.3 is 6.18 Å². The zero-order valence-electron chi connectivity index (χ0n) is 17.4. The summed E-state index contributed by atoms with van der Waals surface area (Å²) in [7, 11) is 2.92. The molecule has 0 unspecified atom stereocenters. The molecule has 0 aliphatic rings. The number of para-hydroxylation sites is 1. The minimum atomic E-state index is -5.18. The average Bonchev–Trinajstić information content (AvgIpc) is 3.20. The number of alkyl halides is 3. The molecule has 0 spiro atoms. The number of nitrogens with zero attached hydrogens (tertiary/aromatic N) is 2. The molecular weight excluding hydrogens is 425 g/mol. The van der Waals surface area contributed by atoms with Gasteiger partial charge in [0.1, 0.15) is 5.69 Å². The molecule has 0 fully saturated rings. The fourth-order valence-corrected chi connectivity index (χ4v) is 3.05. The number of methoxy groups -OCH3 is 2. The summed E-state index contributed by atoms with van der Waals surface area (Å²) in [5.74, 6) is -2.38. The lowest BCUT2D eigenvalue weighted by Crippen LogP contribution is -2.27. The number of benzene rings is 2. The second-order valence-corrected chi connectivity index (χ2v) is 6.72. The fraction of sp³-hybridized carbons (Fsp3) is 0.174. The summed E-state index contributed by atoms with van der Waals surface area (Å²) in [4.78, 5) is 23.7. The Balaban J connectivity index is 2.24. The van der Waals surface area contributed by atoms with E-state index in [0.29, 0.717) is 22.7 Å². The Bertz CT molecular complexity index is 1180. The van der Waals surface area contributed by atoms with Crippen LogP contribution in [0.2, 0.25) is 0 Å². The van der Waals surface area contributed by atoms with Crippen LogP contribution in [-0.2, 0) is 9.59 Å². The Kier molecular flexibility index (Phi) is 6.47. The van der Waals surface area contributed by atoms with Gasteiger partial charge in [0.05, 0.1) is 25.5 Å². The molecule has 0 bridgehead atoms. The van der Waals surface area contributed by atoms with Gasteiger partial charge in [-0.15, -0.1) is 0 Å². The van der Waals surface area contributed by atoms with Gasteiger partial charge in [0, 0.05) is 17.3 Å². The number of Topliss-reactive ketones (excluding diaryl/α,β-unsaturated/α-hetero) is 2. The van der Waals surface area contributed by atoms with Gasteiger partial charge in [0.2, 0.25) is 0 Å². The standard InChI is InChI=1S/C23H19F3N2O4/c1-14(29)18(22(30)23(24,25)26)11-16-13-28(17-7-5-4-6-8-17)27-21(16)15-9-10-19(31-2)20(12-15)32-3/h4-13H,1-3H3/b18-11+. The van der Waals surface area contributed by atoms with Crippen molar-refractivity contribution in [2.24, 2.45) is 0 Å². The van der Waals surface area contributed by atoms with Crippen LogP contribution in [0.4, 0.5) is 13.2 Å². The van der Waals surface area contributed by atoms with Crippen molar-refractivity contribution in [3.63, 3.8) is 0 Å². The van der Waals surface area contributed by atoms with Crippen molar-refractivity contribution in [3.05, 3.63) is 65.9 Å². The van der Waals surface area contributed by atoms with E-state index in [9.17, 15) is 22.8 Å². The third-order valence-corrected chi connectivity index (χ3v) is 4.60. The predicted octanol–water partition coefficient (Wildman–Crippen LogP) is 4.66. The SMILES string of the molecule is COc1ccc(-c2nn(-c3ccccc3)cc2/C=C(\C(C)=O)C(=O)C(F)(F)F)cc1OC. The van der Waals surface area contributed by atoms with Gasteiger partial charge in [-0.1, -0.05) is 18.2 Å². The number of carbonyl (C=O) groups excluding carboxylic acids is 2. The number of allylic oxidation sites excluding steroid dienone is 1. The number of ether oxygens (including phenoxy) is 2. The second kappa shape index (κ2) is 9.09. The average molecular weight is 444 g/mol. The Morgan fingerprint density at radius 3 is 2.22 bits per heavy atom. The summed E-state index contributed by atoms with van der Waals surface area (Å²) in [5, 5.41) is 4.49. The first-order valence-electron chi connectivity index (χ1n) is 9.37. The van der Waals surface area contributed by atoms with Crippen molar-refractivity contribution >= 4 is 17.6 Å². The summed E-state index contributed by atoms with van der Waals surface area (Å²) < 4.78 is 51.1. The number of carbonyl (C=O) groups is 2. The van der Waals surface area contributed by atoms with E-state index < -0.39 is 23.3 Å². The normalized spacial score (nSPS) is 11.9. The molecule has 0 N–H and O–H groups in total. The zero-order valence-corrected chi connectivity index (χ0v) is 17.4. The molecule has 2 aromatic carbocycles. The first kappa shape index (κ1) is 22.8. The van der Waals surface area contributed by atoms with Gasteiger partial charge in [0.25, 0.3) is 5.78 Å². The van der Waals surface area contributed by atoms with E-state index in [0.717, 1.165) is 13.0 Å². The molecule has 3 rings (SSSR count). The molecule has 0 atom stereocenters. The summed E-state index contributed by atoms with van der Waals surface area (Å²) in [5.41, 5.74) is 0.561. The molecule has 32 heavy (non-hydrogen) atoms. The second-order valence-electron chi connectivity index (χ2n) is 6.72. The van der Waals surface area contributed by atoms with Crippen LogP contribution in [0.25, 0.3) is 23.0 Å². The van der Waals surface area contributed by atoms with Gasteiger partial charge in [-0.25, -0.2) is 4.68 Å². The molecule has 3 aromatic rings. The first-order valence-corrected chi connectivity index (χ1v) is 9.37. The number of ketones is 2. The Labute approximate surface area is 181 Å². The lowest BCUT2D eigenvalue weighted by atomic mass is 10.0. The molecule has 9 heteroatoms. The smallest absolute Gasteiger partial charge is 0.455 e. The molecule has 0 aliphatic heterocycles. The van der Waals surface area contributed by atoms with Gasteiger partial charge < -0.3 is 9.47 Å². The number of rotatable bonds is 7. The van der Waals surface area contributed by atoms with Crippen LogP contribution in [0.3, 0.4) is 0 Å². The van der Waals surface area contributed by atoms with E-state index in [1.165, 1.54) is 25.1 Å². The van der Waals surface area contributed by atoms with Gasteiger partial charge in [-0.2, -0.15) is 18.3 Å². The maximum atomic E-state index is 13.0. The lowest BCUT2D eigenvalue weighted by Gasteiger charge is -2.09. The van der Waals surface area contributed by atoms with Crippen molar-refractivity contribution < 1.29 is 32.2 Å². The fourth-order valence-electron chi connectivity index (χ4n) is 3.05. The molecule has 166 valence electrons. The Hall–Kier alpha value is -3.88. The summed E-state index contributed by atoms with van der Waals surface area (Å²) >= 11 is 0. The van der Waals surface area contributed by atoms with Gasteiger partial charge in [0.15, 0.2) is 17.3 Å². The van der Waals surface area contributed by atoms with Crippen molar-refractivity contribution in [2.75, 3.05) is 14.2 Å². The Morgan fingerprint density at radius 1 is 1.00 bits per heavy atom. The van der Waals surface area contributed by atoms with Gasteiger partial charge in [-0.3, -0.25) is 9.59 Å². The largest absolute Gasteiger partial charge is 0.493 e. The van der Waals surface area contributed by atoms with E-state index in [-0.39, 0.29) is 11.3 Å². The van der Waals surface area contributed by atoms with Crippen LogP contribution in [0.5, 0.6) is 11.5 Å². The van der Waals surface area contributed by atoms with Crippen molar-refractivity contribution in [1.82, 2.24) is 9.78 Å². The van der Waals surface area contributed by atoms with E-state index in [2.05, 4.69) is 5.10 Å². The molecule has 6 nitrogen and oxygen atoms in total. The monoisotopic (exact) mass is 444 g/mol. The summed E-state index contributed by atoms with van der Waals surface area (Å²) in [6.45, 7) is 0.910. The van der Waals surface area contributed by atoms with Crippen LogP contribution < -0.4 is 9.47 Å². The van der Waals surface area contributed by atoms with E-state index in [4.69, 9.17) is 9.47 Å². The summed E-state index contributed by atoms with van der Waals surface area (Å²) in [6, 6.07) is 13.7. The highest BCUT2D eigenvalue weighted by Crippen LogP contribution is 2.34. The highest BCUT2D eigenvalue weighted by molar-refractivity contribution is 6.24. The molecule has 0 aliphatic carbocycles. The molecule has 0 saturated carbocycles. The van der Waals surface area contributed by atoms with Crippen molar-refractivity contribution in [3.8, 4) is 28.4 Å². The number of halogens is 3. The van der Waals surface area contributed by atoms with Crippen LogP contribution in [0, 0.1) is 0 Å². The Morgan fingerprint density at radius 2 is 1.66 bits per heavy atom. The minimum absolute atomic E-state index is 0.156. The molecule has 1 heterocycles. The van der Waals surface area contributed by atoms with E-state index in [1.807, 2.05) is 0 Å². The number of aromatic nitrogens is 2. The third kappa shape index (κ3) is 4.72. The zero-order chi connectivity index (χ0) is 23.5. The van der Waals surface area contributed by atoms with Crippen LogP contribution in [0.15, 0.2) is 60.3 Å². The molecule has 0 saturated heterocycles. The van der Waals surface area contributed by atoms with Crippen molar-refractivity contribution in [1.29, 1.82) is 0 Å². The summed E-state index contributed by atoms with van der Waals surface area (Å²) in [6.07, 6.45) is -2.82. The topological polar surface area (TPSA) is 70.4 Å². The molecule has 1 aromatic heterocycles. The number of hydrogen-bond donors (Lipinski definition) is 0. The quantitative estimate of drug-likeness (QED) is 0.301. The lowest BCUT2D eigenvalue weighted by molar-refractivity contribution is -0.166. The van der Waals surface area contributed by atoms with Gasteiger partial charge in [-0.05, 0) is 43.3 Å². The molecule has 0 radical (unpaired) electrons. The predicted molar refractivity (Wildman–Crippen MR) is 112 cm³/mol. The van der Waals surface area contributed by atoms with Crippen LogP contribution in [0.1, 0.15) is 12.5 Å². The third-order valence-electron chi connectivity index (χ3n) is 4.60. The maximum absolute atomic E-state index is 13.0. The van der Waals surface area contributed by atoms with E-state index >= 15 is 0 Å². The van der Waals surface area contributed by atoms with Crippen molar-refractivity contribution in [2.45, 2.75) is 13.1 Å². The highest BCUT2D eigenvalue weighted by Gasteiger charge is 2.42. The molecule has 0 amide bonds.